The Morgan fingerprint density at radius 2 is 1.92 bits per heavy atom. The third-order valence-electron chi connectivity index (χ3n) is 1.62. The number of halogens is 1. The fourth-order valence-electron chi connectivity index (χ4n) is 1.14. The third-order valence-corrected chi connectivity index (χ3v) is 1.62. The van der Waals surface area contributed by atoms with E-state index in [1.807, 2.05) is 0 Å². The summed E-state index contributed by atoms with van der Waals surface area (Å²) in [7, 11) is 0. The molecule has 4 nitrogen and oxygen atoms in total. The van der Waals surface area contributed by atoms with Crippen molar-refractivity contribution in [3.63, 3.8) is 0 Å². The van der Waals surface area contributed by atoms with Gasteiger partial charge in [-0.25, -0.2) is 0 Å². The van der Waals surface area contributed by atoms with Crippen LogP contribution in [0.3, 0.4) is 0 Å². The van der Waals surface area contributed by atoms with Gasteiger partial charge in [0, 0.05) is 6.54 Å². The Kier molecular flexibility index (Phi) is 3.16. The number of carbonyl (C=O) groups excluding carboxylic acids is 2. The summed E-state index contributed by atoms with van der Waals surface area (Å²) in [6.45, 7) is 0.458. The molecule has 0 unspecified atom stereocenters. The Hall–Kier alpha value is -0.970. The maximum atomic E-state index is 11.7. The zero-order valence-electron chi connectivity index (χ0n) is 6.68. The van der Waals surface area contributed by atoms with Crippen LogP contribution in [-0.2, 0) is 9.59 Å². The first-order chi connectivity index (χ1) is 5.72. The van der Waals surface area contributed by atoms with Crippen LogP contribution in [0.15, 0.2) is 0 Å². The molecular formula is C7H11FN2O2. The molecule has 1 saturated heterocycles. The zero-order valence-corrected chi connectivity index (χ0v) is 6.68. The van der Waals surface area contributed by atoms with Crippen LogP contribution in [0.4, 0.5) is 4.39 Å². The average Bonchev–Trinajstić information content (AvgIpc) is 1.99. The fourth-order valence-corrected chi connectivity index (χ4v) is 1.14. The zero-order chi connectivity index (χ0) is 8.97. The molecule has 0 atom stereocenters. The van der Waals surface area contributed by atoms with Crippen molar-refractivity contribution in [3.05, 3.63) is 0 Å². The van der Waals surface area contributed by atoms with Crippen LogP contribution in [-0.4, -0.2) is 43.0 Å². The molecule has 0 saturated carbocycles. The van der Waals surface area contributed by atoms with Gasteiger partial charge in [0.05, 0.1) is 19.8 Å². The van der Waals surface area contributed by atoms with E-state index in [9.17, 15) is 14.0 Å². The molecule has 1 fully saturated rings. The molecular weight excluding hydrogens is 163 g/mol. The summed E-state index contributed by atoms with van der Waals surface area (Å²) in [5.41, 5.74) is 0. The van der Waals surface area contributed by atoms with Gasteiger partial charge in [-0.05, 0) is 6.42 Å². The monoisotopic (exact) mass is 174 g/mol. The van der Waals surface area contributed by atoms with E-state index >= 15 is 0 Å². The van der Waals surface area contributed by atoms with Gasteiger partial charge in [-0.15, -0.1) is 0 Å². The molecule has 0 aromatic carbocycles. The predicted octanol–water partition coefficient (Wildman–Crippen LogP) is -0.696. The minimum Gasteiger partial charge on any atom is -0.294 e. The standard InChI is InChI=1S/C7H11FN2O2/c8-2-1-3-10-4-6(11)9-7(12)5-10/h1-5H2,(H,9,11,12). The third kappa shape index (κ3) is 2.58. The maximum Gasteiger partial charge on any atom is 0.240 e. The van der Waals surface area contributed by atoms with Crippen molar-refractivity contribution in [1.82, 2.24) is 10.2 Å². The van der Waals surface area contributed by atoms with E-state index in [4.69, 9.17) is 0 Å². The highest BCUT2D eigenvalue weighted by molar-refractivity contribution is 5.99. The molecule has 12 heavy (non-hydrogen) atoms. The molecule has 1 N–H and O–H groups in total. The number of amides is 2. The summed E-state index contributed by atoms with van der Waals surface area (Å²) in [6.07, 6.45) is 0.376. The van der Waals surface area contributed by atoms with Crippen LogP contribution in [0, 0.1) is 0 Å². The highest BCUT2D eigenvalue weighted by atomic mass is 19.1. The SMILES string of the molecule is O=C1CN(CCCF)CC(=O)N1. The molecule has 0 aromatic heterocycles. The summed E-state index contributed by atoms with van der Waals surface area (Å²) >= 11 is 0. The molecule has 1 heterocycles. The Balaban J connectivity index is 2.34. The minimum atomic E-state index is -0.410. The molecule has 5 heteroatoms. The summed E-state index contributed by atoms with van der Waals surface area (Å²) in [5.74, 6) is -0.602. The number of imide groups is 1. The quantitative estimate of drug-likeness (QED) is 0.576. The molecule has 1 rings (SSSR count). The van der Waals surface area contributed by atoms with Gasteiger partial charge in [0.1, 0.15) is 0 Å². The van der Waals surface area contributed by atoms with Gasteiger partial charge in [-0.2, -0.15) is 0 Å². The van der Waals surface area contributed by atoms with Crippen molar-refractivity contribution in [3.8, 4) is 0 Å². The molecule has 68 valence electrons. The lowest BCUT2D eigenvalue weighted by atomic mass is 10.3. The number of nitrogens with one attached hydrogen (secondary N) is 1. The minimum absolute atomic E-state index is 0.200. The highest BCUT2D eigenvalue weighted by Crippen LogP contribution is 1.96. The van der Waals surface area contributed by atoms with E-state index in [2.05, 4.69) is 5.32 Å². The number of nitrogens with zero attached hydrogens (tertiary/aromatic N) is 1. The van der Waals surface area contributed by atoms with Gasteiger partial charge < -0.3 is 0 Å². The van der Waals surface area contributed by atoms with Crippen LogP contribution < -0.4 is 5.32 Å². The van der Waals surface area contributed by atoms with Crippen molar-refractivity contribution in [2.24, 2.45) is 0 Å². The van der Waals surface area contributed by atoms with Gasteiger partial charge >= 0.3 is 0 Å². The Bertz CT molecular complexity index is 180. The van der Waals surface area contributed by atoms with E-state index in [1.165, 1.54) is 0 Å². The van der Waals surface area contributed by atoms with Gasteiger partial charge in [-0.1, -0.05) is 0 Å². The molecule has 1 aliphatic rings. The van der Waals surface area contributed by atoms with E-state index in [1.54, 1.807) is 4.90 Å². The topological polar surface area (TPSA) is 49.4 Å². The van der Waals surface area contributed by atoms with Crippen molar-refractivity contribution < 1.29 is 14.0 Å². The number of hydrogen-bond acceptors (Lipinski definition) is 3. The number of piperazine rings is 1. The van der Waals surface area contributed by atoms with Crippen LogP contribution in [0.1, 0.15) is 6.42 Å². The lowest BCUT2D eigenvalue weighted by Gasteiger charge is -2.24. The van der Waals surface area contributed by atoms with Crippen LogP contribution in [0.25, 0.3) is 0 Å². The van der Waals surface area contributed by atoms with Crippen molar-refractivity contribution in [2.75, 3.05) is 26.3 Å². The summed E-state index contributed by atoms with van der Waals surface area (Å²) in [5, 5.41) is 2.17. The summed E-state index contributed by atoms with van der Waals surface area (Å²) < 4.78 is 11.7. The Morgan fingerprint density at radius 1 is 1.33 bits per heavy atom. The van der Waals surface area contributed by atoms with E-state index < -0.39 is 6.67 Å². The lowest BCUT2D eigenvalue weighted by molar-refractivity contribution is -0.136. The number of alkyl halides is 1. The second-order valence-electron chi connectivity index (χ2n) is 2.72. The van der Waals surface area contributed by atoms with Gasteiger partial charge in [0.25, 0.3) is 0 Å². The number of carbonyl (C=O) groups is 2. The van der Waals surface area contributed by atoms with Gasteiger partial charge in [0.2, 0.25) is 11.8 Å². The first-order valence-electron chi connectivity index (χ1n) is 3.83. The van der Waals surface area contributed by atoms with Crippen molar-refractivity contribution in [1.29, 1.82) is 0 Å². The lowest BCUT2D eigenvalue weighted by Crippen LogP contribution is -2.51. The summed E-state index contributed by atoms with van der Waals surface area (Å²) in [6, 6.07) is 0. The van der Waals surface area contributed by atoms with Gasteiger partial charge in [-0.3, -0.25) is 24.2 Å². The van der Waals surface area contributed by atoms with Crippen LogP contribution in [0.5, 0.6) is 0 Å². The highest BCUT2D eigenvalue weighted by Gasteiger charge is 2.21. The van der Waals surface area contributed by atoms with Crippen molar-refractivity contribution >= 4 is 11.8 Å². The Morgan fingerprint density at radius 3 is 2.42 bits per heavy atom. The summed E-state index contributed by atoms with van der Waals surface area (Å²) in [4.78, 5) is 23.2. The smallest absolute Gasteiger partial charge is 0.240 e. The van der Waals surface area contributed by atoms with Crippen LogP contribution in [0.2, 0.25) is 0 Å². The van der Waals surface area contributed by atoms with Gasteiger partial charge in [0.15, 0.2) is 0 Å². The normalized spacial score (nSPS) is 19.4. The number of hydrogen-bond donors (Lipinski definition) is 1. The first-order valence-corrected chi connectivity index (χ1v) is 3.83. The van der Waals surface area contributed by atoms with E-state index in [-0.39, 0.29) is 24.9 Å². The van der Waals surface area contributed by atoms with E-state index in [0.717, 1.165) is 0 Å². The van der Waals surface area contributed by atoms with Crippen molar-refractivity contribution in [2.45, 2.75) is 6.42 Å². The molecule has 0 bridgehead atoms. The molecule has 0 aromatic rings. The predicted molar refractivity (Wildman–Crippen MR) is 40.2 cm³/mol. The molecule has 2 amide bonds. The van der Waals surface area contributed by atoms with E-state index in [0.29, 0.717) is 13.0 Å². The second kappa shape index (κ2) is 4.15. The maximum absolute atomic E-state index is 11.7. The largest absolute Gasteiger partial charge is 0.294 e. The molecule has 1 aliphatic heterocycles. The Labute approximate surface area is 69.7 Å². The fraction of sp³-hybridized carbons (Fsp3) is 0.714. The van der Waals surface area contributed by atoms with Crippen LogP contribution >= 0.6 is 0 Å². The first kappa shape index (κ1) is 9.12. The number of rotatable bonds is 3. The molecule has 0 spiro atoms. The average molecular weight is 174 g/mol. The molecule has 0 radical (unpaired) electrons. The molecule has 0 aliphatic carbocycles. The second-order valence-corrected chi connectivity index (χ2v) is 2.72.